The first-order valence-electron chi connectivity index (χ1n) is 5.65. The number of benzene rings is 2. The first-order valence-corrected chi connectivity index (χ1v) is 6.47. The van der Waals surface area contributed by atoms with Gasteiger partial charge in [0.15, 0.2) is 0 Å². The van der Waals surface area contributed by atoms with E-state index in [-0.39, 0.29) is 11.7 Å². The summed E-state index contributed by atoms with van der Waals surface area (Å²) in [6.45, 7) is 0. The van der Waals surface area contributed by atoms with E-state index in [2.05, 4.69) is 5.32 Å². The Morgan fingerprint density at radius 1 is 1.26 bits per heavy atom. The van der Waals surface area contributed by atoms with Crippen LogP contribution in [0.5, 0.6) is 0 Å². The molecule has 0 bridgehead atoms. The largest absolute Gasteiger partial charge is 0.398 e. The molecule has 0 spiro atoms. The molecule has 0 heterocycles. The van der Waals surface area contributed by atoms with E-state index in [0.717, 1.165) is 9.79 Å². The van der Waals surface area contributed by atoms with Crippen molar-refractivity contribution in [3.8, 4) is 0 Å². The van der Waals surface area contributed by atoms with Crippen LogP contribution in [0.25, 0.3) is 0 Å². The topological polar surface area (TPSA) is 55.1 Å². The van der Waals surface area contributed by atoms with Gasteiger partial charge < -0.3 is 11.1 Å². The van der Waals surface area contributed by atoms with Crippen LogP contribution in [-0.2, 0) is 0 Å². The summed E-state index contributed by atoms with van der Waals surface area (Å²) >= 11 is 1.36. The zero-order valence-corrected chi connectivity index (χ0v) is 11.1. The Balaban J connectivity index is 2.24. The zero-order valence-electron chi connectivity index (χ0n) is 10.3. The van der Waals surface area contributed by atoms with Crippen molar-refractivity contribution in [1.82, 2.24) is 5.32 Å². The van der Waals surface area contributed by atoms with Gasteiger partial charge in [0.1, 0.15) is 5.82 Å². The average molecular weight is 276 g/mol. The van der Waals surface area contributed by atoms with Crippen molar-refractivity contribution in [1.29, 1.82) is 0 Å². The van der Waals surface area contributed by atoms with E-state index in [1.807, 2.05) is 0 Å². The summed E-state index contributed by atoms with van der Waals surface area (Å²) in [5.41, 5.74) is 6.90. The van der Waals surface area contributed by atoms with Gasteiger partial charge in [-0.15, -0.1) is 0 Å². The highest BCUT2D eigenvalue weighted by atomic mass is 32.2. The number of rotatable bonds is 3. The SMILES string of the molecule is CNC(=O)c1ccc(Sc2cccc(F)c2)c(N)c1. The first kappa shape index (κ1) is 13.4. The second-order valence-electron chi connectivity index (χ2n) is 3.89. The summed E-state index contributed by atoms with van der Waals surface area (Å²) in [4.78, 5) is 13.0. The van der Waals surface area contributed by atoms with Gasteiger partial charge in [-0.1, -0.05) is 17.8 Å². The Bertz CT molecular complexity index is 616. The number of nitrogens with two attached hydrogens (primary N) is 1. The quantitative estimate of drug-likeness (QED) is 0.847. The number of nitrogens with one attached hydrogen (secondary N) is 1. The van der Waals surface area contributed by atoms with Gasteiger partial charge in [-0.2, -0.15) is 0 Å². The molecule has 0 saturated heterocycles. The zero-order chi connectivity index (χ0) is 13.8. The monoisotopic (exact) mass is 276 g/mol. The van der Waals surface area contributed by atoms with Crippen LogP contribution in [0.15, 0.2) is 52.3 Å². The molecule has 0 saturated carbocycles. The average Bonchev–Trinajstić information content (AvgIpc) is 2.40. The van der Waals surface area contributed by atoms with Gasteiger partial charge in [-0.05, 0) is 36.4 Å². The Labute approximate surface area is 115 Å². The maximum absolute atomic E-state index is 13.1. The molecule has 0 aliphatic heterocycles. The lowest BCUT2D eigenvalue weighted by Crippen LogP contribution is -2.17. The molecule has 1 amide bonds. The van der Waals surface area contributed by atoms with Crippen molar-refractivity contribution >= 4 is 23.4 Å². The van der Waals surface area contributed by atoms with Crippen molar-refractivity contribution in [2.24, 2.45) is 0 Å². The lowest BCUT2D eigenvalue weighted by atomic mass is 10.2. The van der Waals surface area contributed by atoms with Crippen molar-refractivity contribution in [3.63, 3.8) is 0 Å². The Kier molecular flexibility index (Phi) is 4.06. The van der Waals surface area contributed by atoms with Crippen LogP contribution in [0.1, 0.15) is 10.4 Å². The summed E-state index contributed by atoms with van der Waals surface area (Å²) in [5, 5.41) is 2.53. The van der Waals surface area contributed by atoms with E-state index in [1.54, 1.807) is 37.4 Å². The predicted octanol–water partition coefficient (Wildman–Crippen LogP) is 2.92. The van der Waals surface area contributed by atoms with Gasteiger partial charge in [0.25, 0.3) is 5.91 Å². The van der Waals surface area contributed by atoms with Crippen molar-refractivity contribution in [3.05, 3.63) is 53.8 Å². The third-order valence-corrected chi connectivity index (χ3v) is 3.60. The molecule has 98 valence electrons. The summed E-state index contributed by atoms with van der Waals surface area (Å²) < 4.78 is 13.1. The molecule has 0 fully saturated rings. The highest BCUT2D eigenvalue weighted by Gasteiger charge is 2.08. The molecule has 5 heteroatoms. The van der Waals surface area contributed by atoms with Crippen LogP contribution in [0, 0.1) is 5.82 Å². The molecule has 3 N–H and O–H groups in total. The Hall–Kier alpha value is -2.01. The number of hydrogen-bond acceptors (Lipinski definition) is 3. The van der Waals surface area contributed by atoms with Crippen LogP contribution in [0.4, 0.5) is 10.1 Å². The lowest BCUT2D eigenvalue weighted by molar-refractivity contribution is 0.0963. The molecule has 0 aliphatic carbocycles. The second kappa shape index (κ2) is 5.75. The molecular formula is C14H13FN2OS. The van der Waals surface area contributed by atoms with E-state index in [1.165, 1.54) is 23.9 Å². The molecule has 3 nitrogen and oxygen atoms in total. The fourth-order valence-corrected chi connectivity index (χ4v) is 2.47. The number of hydrogen-bond donors (Lipinski definition) is 2. The summed E-state index contributed by atoms with van der Waals surface area (Å²) in [7, 11) is 1.56. The van der Waals surface area contributed by atoms with Gasteiger partial charge in [-0.25, -0.2) is 4.39 Å². The lowest BCUT2D eigenvalue weighted by Gasteiger charge is -2.07. The fraction of sp³-hybridized carbons (Fsp3) is 0.0714. The van der Waals surface area contributed by atoms with E-state index in [0.29, 0.717) is 11.3 Å². The van der Waals surface area contributed by atoms with E-state index in [4.69, 9.17) is 5.73 Å². The molecule has 2 aromatic rings. The fourth-order valence-electron chi connectivity index (χ4n) is 1.58. The predicted molar refractivity (Wildman–Crippen MR) is 74.8 cm³/mol. The number of amides is 1. The molecule has 0 atom stereocenters. The Morgan fingerprint density at radius 3 is 2.68 bits per heavy atom. The molecule has 2 rings (SSSR count). The minimum atomic E-state index is -0.287. The van der Waals surface area contributed by atoms with Crippen LogP contribution < -0.4 is 11.1 Å². The molecule has 0 unspecified atom stereocenters. The van der Waals surface area contributed by atoms with E-state index in [9.17, 15) is 9.18 Å². The second-order valence-corrected chi connectivity index (χ2v) is 5.01. The minimum absolute atomic E-state index is 0.186. The maximum atomic E-state index is 13.1. The number of carbonyl (C=O) groups is 1. The summed E-state index contributed by atoms with van der Waals surface area (Å²) in [6, 6.07) is 11.3. The van der Waals surface area contributed by atoms with Crippen LogP contribution >= 0.6 is 11.8 Å². The van der Waals surface area contributed by atoms with Gasteiger partial charge in [0.05, 0.1) is 0 Å². The van der Waals surface area contributed by atoms with E-state index < -0.39 is 0 Å². The highest BCUT2D eigenvalue weighted by Crippen LogP contribution is 2.32. The van der Waals surface area contributed by atoms with Gasteiger partial charge >= 0.3 is 0 Å². The Morgan fingerprint density at radius 2 is 2.05 bits per heavy atom. The maximum Gasteiger partial charge on any atom is 0.251 e. The number of nitrogen functional groups attached to an aromatic ring is 1. The third-order valence-electron chi connectivity index (χ3n) is 2.52. The van der Waals surface area contributed by atoms with Gasteiger partial charge in [0.2, 0.25) is 0 Å². The standard InChI is InChI=1S/C14H13FN2OS/c1-17-14(18)9-5-6-13(12(16)7-9)19-11-4-2-3-10(15)8-11/h2-8H,16H2,1H3,(H,17,18). The highest BCUT2D eigenvalue weighted by molar-refractivity contribution is 7.99. The van der Waals surface area contributed by atoms with Crippen LogP contribution in [0.2, 0.25) is 0 Å². The third kappa shape index (κ3) is 3.26. The normalized spacial score (nSPS) is 10.2. The van der Waals surface area contributed by atoms with Crippen molar-refractivity contribution < 1.29 is 9.18 Å². The molecule has 19 heavy (non-hydrogen) atoms. The van der Waals surface area contributed by atoms with Crippen molar-refractivity contribution in [2.75, 3.05) is 12.8 Å². The van der Waals surface area contributed by atoms with Gasteiger partial charge in [-0.3, -0.25) is 4.79 Å². The number of anilines is 1. The van der Waals surface area contributed by atoms with Crippen molar-refractivity contribution in [2.45, 2.75) is 9.79 Å². The first-order chi connectivity index (χ1) is 9.10. The number of carbonyl (C=O) groups excluding carboxylic acids is 1. The molecule has 0 aliphatic rings. The van der Waals surface area contributed by atoms with E-state index >= 15 is 0 Å². The number of halogens is 1. The minimum Gasteiger partial charge on any atom is -0.398 e. The van der Waals surface area contributed by atoms with Crippen LogP contribution in [-0.4, -0.2) is 13.0 Å². The van der Waals surface area contributed by atoms with Crippen LogP contribution in [0.3, 0.4) is 0 Å². The van der Waals surface area contributed by atoms with Gasteiger partial charge in [0, 0.05) is 28.1 Å². The molecule has 0 radical (unpaired) electrons. The summed E-state index contributed by atoms with van der Waals surface area (Å²) in [6.07, 6.45) is 0. The summed E-state index contributed by atoms with van der Waals surface area (Å²) in [5.74, 6) is -0.473. The smallest absolute Gasteiger partial charge is 0.251 e. The molecule has 2 aromatic carbocycles. The molecule has 0 aromatic heterocycles. The molecular weight excluding hydrogens is 263 g/mol.